The molecule has 2 nitrogen and oxygen atoms in total. The van der Waals surface area contributed by atoms with Gasteiger partial charge in [-0.05, 0) is 36.4 Å². The van der Waals surface area contributed by atoms with Gasteiger partial charge in [0.25, 0.3) is 0 Å². The van der Waals surface area contributed by atoms with Gasteiger partial charge in [0, 0.05) is 29.6 Å². The van der Waals surface area contributed by atoms with E-state index in [4.69, 9.17) is 0 Å². The fourth-order valence-electron chi connectivity index (χ4n) is 2.41. The molecular weight excluding hydrogens is 248 g/mol. The third-order valence-electron chi connectivity index (χ3n) is 3.40. The number of nitrogens with zero attached hydrogens (tertiary/aromatic N) is 1. The van der Waals surface area contributed by atoms with Crippen LogP contribution in [0.4, 0.5) is 0 Å². The third-order valence-corrected chi connectivity index (χ3v) is 5.54. The number of nitrogens with one attached hydrogen (secondary N) is 1. The average molecular weight is 266 g/mol. The van der Waals surface area contributed by atoms with E-state index in [1.54, 1.807) is 12.1 Å². The lowest BCUT2D eigenvalue weighted by atomic mass is 9.96. The Bertz CT molecular complexity index is 352. The second-order valence-electron chi connectivity index (χ2n) is 4.73. The first kappa shape index (κ1) is 11.9. The highest BCUT2D eigenvalue weighted by Gasteiger charge is 2.21. The number of hydrogen-bond acceptors (Lipinski definition) is 4. The second kappa shape index (κ2) is 5.65. The van der Waals surface area contributed by atoms with Gasteiger partial charge >= 0.3 is 0 Å². The Morgan fingerprint density at radius 2 is 2.00 bits per heavy atom. The van der Waals surface area contributed by atoms with Crippen LogP contribution in [0.5, 0.6) is 0 Å². The molecule has 0 aromatic heterocycles. The summed E-state index contributed by atoms with van der Waals surface area (Å²) in [5.41, 5.74) is 1.45. The summed E-state index contributed by atoms with van der Waals surface area (Å²) in [4.78, 5) is 1.41. The van der Waals surface area contributed by atoms with Crippen LogP contribution in [-0.4, -0.2) is 9.75 Å². The topological polar surface area (TPSA) is 15.3 Å². The van der Waals surface area contributed by atoms with Crippen molar-refractivity contribution in [1.82, 2.24) is 8.43 Å². The molecule has 1 saturated carbocycles. The first-order chi connectivity index (χ1) is 8.42. The minimum Gasteiger partial charge on any atom is -0.247 e. The van der Waals surface area contributed by atoms with E-state index in [-0.39, 0.29) is 0 Å². The van der Waals surface area contributed by atoms with Crippen LogP contribution in [0.3, 0.4) is 0 Å². The quantitative estimate of drug-likeness (QED) is 0.832. The van der Waals surface area contributed by atoms with Gasteiger partial charge in [0.15, 0.2) is 0 Å². The van der Waals surface area contributed by atoms with Crippen molar-refractivity contribution in [2.75, 3.05) is 0 Å². The van der Waals surface area contributed by atoms with Crippen molar-refractivity contribution in [3.05, 3.63) is 29.8 Å². The molecule has 1 aliphatic heterocycles. The predicted octanol–water partition coefficient (Wildman–Crippen LogP) is 3.99. The van der Waals surface area contributed by atoms with E-state index in [1.165, 1.54) is 42.6 Å². The first-order valence-corrected chi connectivity index (χ1v) is 7.92. The lowest BCUT2D eigenvalue weighted by molar-refractivity contribution is 0.421. The van der Waals surface area contributed by atoms with Gasteiger partial charge in [-0.15, -0.1) is 0 Å². The minimum absolute atomic E-state index is 0.720. The van der Waals surface area contributed by atoms with Crippen molar-refractivity contribution in [1.29, 1.82) is 0 Å². The molecule has 3 rings (SSSR count). The van der Waals surface area contributed by atoms with Crippen LogP contribution >= 0.6 is 24.1 Å². The lowest BCUT2D eigenvalue weighted by Crippen LogP contribution is -2.27. The first-order valence-electron chi connectivity index (χ1n) is 6.38. The smallest absolute Gasteiger partial charge is 0.0480 e. The number of hydrogen-bond donors (Lipinski definition) is 1. The van der Waals surface area contributed by atoms with Gasteiger partial charge < -0.3 is 0 Å². The molecule has 4 heteroatoms. The number of benzene rings is 1. The standard InChI is InChI=1S/C13H18N2S2/c1-2-7-12(8-3-1)14-17-15-10-11-6-4-5-9-13(11)16-15/h4-6,9,12,14H,1-3,7-8,10H2. The Balaban J connectivity index is 1.48. The summed E-state index contributed by atoms with van der Waals surface area (Å²) in [6.07, 6.45) is 6.90. The van der Waals surface area contributed by atoms with Crippen molar-refractivity contribution in [3.63, 3.8) is 0 Å². The van der Waals surface area contributed by atoms with Gasteiger partial charge in [-0.2, -0.15) is 3.71 Å². The summed E-state index contributed by atoms with van der Waals surface area (Å²) in [5, 5.41) is 0. The molecule has 1 aliphatic carbocycles. The van der Waals surface area contributed by atoms with E-state index in [2.05, 4.69) is 32.7 Å². The number of rotatable bonds is 3. The molecule has 1 N–H and O–H groups in total. The molecule has 0 bridgehead atoms. The van der Waals surface area contributed by atoms with Gasteiger partial charge in [0.1, 0.15) is 0 Å². The number of fused-ring (bicyclic) bond motifs is 1. The van der Waals surface area contributed by atoms with Crippen molar-refractivity contribution in [2.45, 2.75) is 49.6 Å². The molecule has 0 atom stereocenters. The maximum Gasteiger partial charge on any atom is 0.0480 e. The van der Waals surface area contributed by atoms with Crippen LogP contribution in [0, 0.1) is 0 Å². The van der Waals surface area contributed by atoms with Crippen LogP contribution in [0.1, 0.15) is 37.7 Å². The van der Waals surface area contributed by atoms with Crippen LogP contribution in [0.25, 0.3) is 0 Å². The van der Waals surface area contributed by atoms with Gasteiger partial charge in [0.2, 0.25) is 0 Å². The summed E-state index contributed by atoms with van der Waals surface area (Å²) in [6.45, 7) is 1.05. The average Bonchev–Trinajstić information content (AvgIpc) is 2.80. The van der Waals surface area contributed by atoms with E-state index in [9.17, 15) is 0 Å². The Labute approximate surface area is 112 Å². The van der Waals surface area contributed by atoms with E-state index in [1.807, 2.05) is 11.9 Å². The van der Waals surface area contributed by atoms with E-state index < -0.39 is 0 Å². The van der Waals surface area contributed by atoms with Crippen molar-refractivity contribution in [3.8, 4) is 0 Å². The third kappa shape index (κ3) is 2.99. The van der Waals surface area contributed by atoms with Crippen LogP contribution in [0.15, 0.2) is 29.2 Å². The molecule has 0 radical (unpaired) electrons. The molecule has 92 valence electrons. The van der Waals surface area contributed by atoms with Crippen LogP contribution in [0.2, 0.25) is 0 Å². The van der Waals surface area contributed by atoms with Gasteiger partial charge in [0.05, 0.1) is 0 Å². The van der Waals surface area contributed by atoms with Crippen molar-refractivity contribution >= 4 is 24.1 Å². The zero-order valence-electron chi connectivity index (χ0n) is 9.89. The van der Waals surface area contributed by atoms with Gasteiger partial charge in [-0.3, -0.25) is 0 Å². The Kier molecular flexibility index (Phi) is 3.96. The van der Waals surface area contributed by atoms with E-state index in [0.717, 1.165) is 12.6 Å². The monoisotopic (exact) mass is 266 g/mol. The molecule has 17 heavy (non-hydrogen) atoms. The van der Waals surface area contributed by atoms with Crippen molar-refractivity contribution in [2.24, 2.45) is 0 Å². The SMILES string of the molecule is c1ccc2c(c1)CN(SNC1CCCCC1)S2. The molecule has 2 aliphatic rings. The molecule has 1 fully saturated rings. The lowest BCUT2D eigenvalue weighted by Gasteiger charge is -2.24. The molecule has 0 amide bonds. The summed E-state index contributed by atoms with van der Waals surface area (Å²) in [7, 11) is 0. The van der Waals surface area contributed by atoms with E-state index >= 15 is 0 Å². The molecule has 0 saturated heterocycles. The predicted molar refractivity (Wildman–Crippen MR) is 75.4 cm³/mol. The highest BCUT2D eigenvalue weighted by atomic mass is 32.2. The summed E-state index contributed by atoms with van der Waals surface area (Å²) < 4.78 is 5.97. The van der Waals surface area contributed by atoms with E-state index in [0.29, 0.717) is 0 Å². The molecule has 0 unspecified atom stereocenters. The normalized spacial score (nSPS) is 21.6. The van der Waals surface area contributed by atoms with Gasteiger partial charge in [-0.1, -0.05) is 37.5 Å². The zero-order valence-corrected chi connectivity index (χ0v) is 11.5. The molecule has 1 heterocycles. The maximum absolute atomic E-state index is 3.62. The molecule has 0 spiro atoms. The molecular formula is C13H18N2S2. The fraction of sp³-hybridized carbons (Fsp3) is 0.538. The summed E-state index contributed by atoms with van der Waals surface area (Å²) >= 11 is 3.65. The Hall–Kier alpha value is -0.160. The summed E-state index contributed by atoms with van der Waals surface area (Å²) in [6, 6.07) is 9.40. The Morgan fingerprint density at radius 1 is 1.18 bits per heavy atom. The fourth-order valence-corrected chi connectivity index (χ4v) is 4.45. The highest BCUT2D eigenvalue weighted by molar-refractivity contribution is 8.11. The van der Waals surface area contributed by atoms with Crippen LogP contribution < -0.4 is 4.72 Å². The van der Waals surface area contributed by atoms with Gasteiger partial charge in [-0.25, -0.2) is 4.72 Å². The van der Waals surface area contributed by atoms with Crippen LogP contribution in [-0.2, 0) is 6.54 Å². The molecule has 1 aromatic rings. The zero-order chi connectivity index (χ0) is 11.5. The minimum atomic E-state index is 0.720. The maximum atomic E-state index is 3.62. The second-order valence-corrected chi connectivity index (χ2v) is 6.89. The highest BCUT2D eigenvalue weighted by Crippen LogP contribution is 2.39. The Morgan fingerprint density at radius 3 is 2.82 bits per heavy atom. The summed E-state index contributed by atoms with van der Waals surface area (Å²) in [5.74, 6) is 0. The largest absolute Gasteiger partial charge is 0.247 e. The molecule has 1 aromatic carbocycles. The van der Waals surface area contributed by atoms with Crippen molar-refractivity contribution < 1.29 is 0 Å².